The van der Waals surface area contributed by atoms with Gasteiger partial charge in [0, 0.05) is 0 Å². The van der Waals surface area contributed by atoms with Gasteiger partial charge >= 0.3 is 204 Å². The first-order valence-corrected chi connectivity index (χ1v) is 21.6. The van der Waals surface area contributed by atoms with E-state index in [9.17, 15) is 5.11 Å². The standard InChI is InChI=1S/C17H24NO.3C4H9.Sn/c19-17-9-5-4-8-16(17)18-12-10-15(11-13-18)14-6-2-1-3-7-14;3*1-3-4-2;/h2-3,6-7,15-17,19H,4-5,8-13H2;3*1,3-4H2,2H3;/t16-,17-;;;;/m0..../s1. The molecule has 0 amide bonds. The molecule has 0 unspecified atom stereocenters. The van der Waals surface area contributed by atoms with Crippen molar-refractivity contribution in [2.75, 3.05) is 13.1 Å². The Bertz CT molecular complexity index is 615. The normalized spacial score (nSPS) is 23.5. The molecule has 1 N–H and O–H groups in total. The molecule has 1 heterocycles. The maximum absolute atomic E-state index is 10.5. The summed E-state index contributed by atoms with van der Waals surface area (Å²) in [6, 6.07) is 10.7. The average molecular weight is 548 g/mol. The van der Waals surface area contributed by atoms with Crippen molar-refractivity contribution in [3.05, 3.63) is 29.8 Å². The molecule has 32 heavy (non-hydrogen) atoms. The van der Waals surface area contributed by atoms with E-state index in [4.69, 9.17) is 0 Å². The number of piperidine rings is 1. The molecule has 3 heteroatoms. The van der Waals surface area contributed by atoms with E-state index in [-0.39, 0.29) is 6.10 Å². The van der Waals surface area contributed by atoms with Crippen LogP contribution in [0.1, 0.15) is 109 Å². The van der Waals surface area contributed by atoms with Crippen LogP contribution in [0.2, 0.25) is 13.3 Å². The van der Waals surface area contributed by atoms with Crippen molar-refractivity contribution in [2.24, 2.45) is 0 Å². The van der Waals surface area contributed by atoms with Gasteiger partial charge in [0.25, 0.3) is 0 Å². The zero-order valence-electron chi connectivity index (χ0n) is 21.5. The predicted molar refractivity (Wildman–Crippen MR) is 143 cm³/mol. The van der Waals surface area contributed by atoms with Gasteiger partial charge in [0.2, 0.25) is 0 Å². The number of benzene rings is 1. The molecule has 1 aliphatic heterocycles. The van der Waals surface area contributed by atoms with Gasteiger partial charge in [0.1, 0.15) is 0 Å². The van der Waals surface area contributed by atoms with Gasteiger partial charge in [0.05, 0.1) is 0 Å². The molecule has 1 aromatic rings. The molecule has 1 saturated carbocycles. The fraction of sp³-hybridized carbons (Fsp3) is 0.793. The average Bonchev–Trinajstić information content (AvgIpc) is 2.84. The van der Waals surface area contributed by atoms with Gasteiger partial charge in [-0.1, -0.05) is 0 Å². The molecule has 2 atom stereocenters. The summed E-state index contributed by atoms with van der Waals surface area (Å²) in [4.78, 5) is 2.61. The molecule has 2 fully saturated rings. The SMILES string of the molecule is CCC[CH2][Sn]([CH2]CCC)([CH2]CCC)[c]1ccc(C2CCN([C@H]3CCCC[C@@H]3O)CC2)cc1. The quantitative estimate of drug-likeness (QED) is 0.279. The van der Waals surface area contributed by atoms with Gasteiger partial charge in [-0.3, -0.25) is 0 Å². The van der Waals surface area contributed by atoms with Gasteiger partial charge < -0.3 is 0 Å². The van der Waals surface area contributed by atoms with Crippen LogP contribution in [0.25, 0.3) is 0 Å². The van der Waals surface area contributed by atoms with E-state index in [0.717, 1.165) is 6.42 Å². The van der Waals surface area contributed by atoms with Crippen molar-refractivity contribution >= 4 is 22.0 Å². The number of aliphatic hydroxyl groups excluding tert-OH is 1. The van der Waals surface area contributed by atoms with E-state index >= 15 is 0 Å². The Morgan fingerprint density at radius 2 is 1.31 bits per heavy atom. The molecule has 182 valence electrons. The van der Waals surface area contributed by atoms with Crippen LogP contribution in [0.3, 0.4) is 0 Å². The molecule has 3 rings (SSSR count). The third-order valence-corrected chi connectivity index (χ3v) is 24.4. The van der Waals surface area contributed by atoms with E-state index in [0.29, 0.717) is 12.0 Å². The van der Waals surface area contributed by atoms with Crippen molar-refractivity contribution in [1.82, 2.24) is 4.90 Å². The third-order valence-electron chi connectivity index (χ3n) is 8.71. The van der Waals surface area contributed by atoms with Gasteiger partial charge in [-0.15, -0.1) is 0 Å². The molecule has 1 aromatic carbocycles. The summed E-state index contributed by atoms with van der Waals surface area (Å²) < 4.78 is 6.51. The van der Waals surface area contributed by atoms with E-state index in [2.05, 4.69) is 49.9 Å². The summed E-state index contributed by atoms with van der Waals surface area (Å²) in [6.07, 6.45) is 15.5. The van der Waals surface area contributed by atoms with Crippen LogP contribution < -0.4 is 3.58 Å². The van der Waals surface area contributed by atoms with Gasteiger partial charge in [-0.2, -0.15) is 0 Å². The van der Waals surface area contributed by atoms with E-state index in [1.165, 1.54) is 83.7 Å². The molecule has 1 aliphatic carbocycles. The van der Waals surface area contributed by atoms with Crippen molar-refractivity contribution in [3.63, 3.8) is 0 Å². The number of nitrogens with zero attached hydrogens (tertiary/aromatic N) is 1. The second kappa shape index (κ2) is 13.7. The number of hydrogen-bond donors (Lipinski definition) is 1. The maximum atomic E-state index is 10.5. The molecular formula is C29H51NOSn. The number of hydrogen-bond acceptors (Lipinski definition) is 2. The summed E-state index contributed by atoms with van der Waals surface area (Å²) >= 11 is -2.29. The van der Waals surface area contributed by atoms with Gasteiger partial charge in [0.15, 0.2) is 0 Å². The topological polar surface area (TPSA) is 23.5 Å². The number of rotatable bonds is 12. The van der Waals surface area contributed by atoms with Crippen LogP contribution in [-0.2, 0) is 0 Å². The Morgan fingerprint density at radius 3 is 1.81 bits per heavy atom. The van der Waals surface area contributed by atoms with Gasteiger partial charge in [-0.05, 0) is 0 Å². The second-order valence-corrected chi connectivity index (χ2v) is 24.2. The first-order valence-electron chi connectivity index (χ1n) is 14.2. The molecule has 0 bridgehead atoms. The predicted octanol–water partition coefficient (Wildman–Crippen LogP) is 7.23. The Balaban J connectivity index is 1.66. The zero-order valence-corrected chi connectivity index (χ0v) is 24.3. The fourth-order valence-electron chi connectivity index (χ4n) is 6.54. The van der Waals surface area contributed by atoms with E-state index in [1.807, 2.05) is 3.58 Å². The minimum atomic E-state index is -2.29. The number of aliphatic hydroxyl groups is 1. The Morgan fingerprint density at radius 1 is 0.781 bits per heavy atom. The van der Waals surface area contributed by atoms with Crippen LogP contribution in [0, 0.1) is 0 Å². The Hall–Kier alpha value is -0.0613. The van der Waals surface area contributed by atoms with Crippen LogP contribution in [0.15, 0.2) is 24.3 Å². The van der Waals surface area contributed by atoms with Gasteiger partial charge in [-0.25, -0.2) is 0 Å². The van der Waals surface area contributed by atoms with E-state index < -0.39 is 18.4 Å². The second-order valence-electron chi connectivity index (χ2n) is 10.9. The molecule has 1 saturated heterocycles. The summed E-state index contributed by atoms with van der Waals surface area (Å²) in [6.45, 7) is 9.45. The van der Waals surface area contributed by atoms with Crippen molar-refractivity contribution in [1.29, 1.82) is 0 Å². The molecule has 2 nitrogen and oxygen atoms in total. The molecule has 0 aromatic heterocycles. The summed E-state index contributed by atoms with van der Waals surface area (Å²) in [5, 5.41) is 10.5. The first kappa shape index (κ1) is 26.5. The summed E-state index contributed by atoms with van der Waals surface area (Å²) in [5.74, 6) is 0.715. The van der Waals surface area contributed by atoms with Crippen LogP contribution in [0.5, 0.6) is 0 Å². The van der Waals surface area contributed by atoms with Crippen LogP contribution in [0.4, 0.5) is 0 Å². The van der Waals surface area contributed by atoms with Crippen molar-refractivity contribution in [2.45, 2.75) is 129 Å². The monoisotopic (exact) mass is 549 g/mol. The Labute approximate surface area is 203 Å². The number of likely N-dealkylation sites (tertiary alicyclic amines) is 1. The minimum absolute atomic E-state index is 0.0884. The van der Waals surface area contributed by atoms with Crippen molar-refractivity contribution < 1.29 is 5.11 Å². The zero-order chi connectivity index (χ0) is 22.8. The molecule has 2 aliphatic rings. The third kappa shape index (κ3) is 6.98. The molecule has 0 spiro atoms. The van der Waals surface area contributed by atoms with Crippen LogP contribution in [-0.4, -0.2) is 53.6 Å². The van der Waals surface area contributed by atoms with Crippen molar-refractivity contribution in [3.8, 4) is 0 Å². The summed E-state index contributed by atoms with van der Waals surface area (Å²) in [7, 11) is 0. The fourth-order valence-corrected chi connectivity index (χ4v) is 22.5. The first-order chi connectivity index (χ1) is 15.6. The van der Waals surface area contributed by atoms with E-state index in [1.54, 1.807) is 18.9 Å². The number of unbranched alkanes of at least 4 members (excludes halogenated alkanes) is 3. The molecule has 0 radical (unpaired) electrons. The summed E-state index contributed by atoms with van der Waals surface area (Å²) in [5.41, 5.74) is 1.58. The molecular weight excluding hydrogens is 497 g/mol. The van der Waals surface area contributed by atoms with Crippen LogP contribution >= 0.6 is 0 Å². The Kier molecular flexibility index (Phi) is 11.4.